The van der Waals surface area contributed by atoms with E-state index in [4.69, 9.17) is 4.74 Å². The van der Waals surface area contributed by atoms with E-state index in [-0.39, 0.29) is 17.3 Å². The first-order chi connectivity index (χ1) is 22.2. The topological polar surface area (TPSA) is 140 Å². The van der Waals surface area contributed by atoms with Crippen molar-refractivity contribution in [2.24, 2.45) is 0 Å². The standard InChI is InChI=1S/C35H34N4O6S/c1-4-32(35(42)37-29-22-27(39(43)44)19-18-23(29)3)46-28-16-11-15-26(21-28)36-34(41)30(38-33(40)24-12-7-6-8-13-24)20-25-14-9-10-17-31(25)45-5-2/h6-22,32H,4-5H2,1-3H3,(H,36,41)(H,37,42)(H,38,40)/b30-20+. The number of nitro groups is 1. The first kappa shape index (κ1) is 33.5. The van der Waals surface area contributed by atoms with Gasteiger partial charge in [-0.15, -0.1) is 11.8 Å². The van der Waals surface area contributed by atoms with Gasteiger partial charge < -0.3 is 20.7 Å². The molecule has 3 amide bonds. The van der Waals surface area contributed by atoms with Crippen molar-refractivity contribution in [2.45, 2.75) is 37.3 Å². The van der Waals surface area contributed by atoms with Crippen LogP contribution in [-0.4, -0.2) is 34.5 Å². The Morgan fingerprint density at radius 3 is 2.37 bits per heavy atom. The van der Waals surface area contributed by atoms with Crippen LogP contribution in [0.1, 0.15) is 41.8 Å². The fourth-order valence-electron chi connectivity index (χ4n) is 4.39. The zero-order chi connectivity index (χ0) is 33.1. The Balaban J connectivity index is 1.53. The number of carbonyl (C=O) groups excluding carboxylic acids is 3. The largest absolute Gasteiger partial charge is 0.493 e. The second-order valence-corrected chi connectivity index (χ2v) is 11.4. The lowest BCUT2D eigenvalue weighted by molar-refractivity contribution is -0.384. The molecule has 0 spiro atoms. The Morgan fingerprint density at radius 1 is 0.913 bits per heavy atom. The molecule has 0 radical (unpaired) electrons. The van der Waals surface area contributed by atoms with E-state index in [0.717, 1.165) is 4.90 Å². The van der Waals surface area contributed by atoms with Crippen molar-refractivity contribution in [3.05, 3.63) is 130 Å². The van der Waals surface area contributed by atoms with Gasteiger partial charge in [-0.05, 0) is 68.3 Å². The fraction of sp³-hybridized carbons (Fsp3) is 0.171. The number of aryl methyl sites for hydroxylation is 1. The van der Waals surface area contributed by atoms with E-state index in [1.165, 1.54) is 23.9 Å². The average molecular weight is 639 g/mol. The van der Waals surface area contributed by atoms with Gasteiger partial charge in [-0.2, -0.15) is 0 Å². The summed E-state index contributed by atoms with van der Waals surface area (Å²) in [5.74, 6) is -0.737. The van der Waals surface area contributed by atoms with Gasteiger partial charge in [0.05, 0.1) is 22.5 Å². The van der Waals surface area contributed by atoms with Crippen molar-refractivity contribution in [3.8, 4) is 5.75 Å². The molecule has 11 heteroatoms. The lowest BCUT2D eigenvalue weighted by Gasteiger charge is -2.17. The number of thioether (sulfide) groups is 1. The summed E-state index contributed by atoms with van der Waals surface area (Å²) < 4.78 is 5.71. The minimum Gasteiger partial charge on any atom is -0.493 e. The molecule has 10 nitrogen and oxygen atoms in total. The molecule has 4 rings (SSSR count). The number of nitrogens with zero attached hydrogens (tertiary/aromatic N) is 1. The third-order valence-electron chi connectivity index (χ3n) is 6.77. The minimum atomic E-state index is -0.552. The molecule has 1 unspecified atom stereocenters. The van der Waals surface area contributed by atoms with Crippen molar-refractivity contribution >= 4 is 52.6 Å². The summed E-state index contributed by atoms with van der Waals surface area (Å²) in [4.78, 5) is 51.3. The Morgan fingerprint density at radius 2 is 1.65 bits per heavy atom. The second-order valence-electron chi connectivity index (χ2n) is 10.1. The van der Waals surface area contributed by atoms with Crippen LogP contribution < -0.4 is 20.7 Å². The van der Waals surface area contributed by atoms with Crippen molar-refractivity contribution in [1.82, 2.24) is 5.32 Å². The predicted octanol–water partition coefficient (Wildman–Crippen LogP) is 7.22. The van der Waals surface area contributed by atoms with Crippen molar-refractivity contribution < 1.29 is 24.0 Å². The highest BCUT2D eigenvalue weighted by Gasteiger charge is 2.21. The summed E-state index contributed by atoms with van der Waals surface area (Å²) in [7, 11) is 0. The normalized spacial score (nSPS) is 11.7. The van der Waals surface area contributed by atoms with E-state index in [1.807, 2.05) is 32.0 Å². The highest BCUT2D eigenvalue weighted by atomic mass is 32.2. The highest BCUT2D eigenvalue weighted by Crippen LogP contribution is 2.30. The average Bonchev–Trinajstić information content (AvgIpc) is 3.05. The number of non-ortho nitro benzene ring substituents is 1. The first-order valence-corrected chi connectivity index (χ1v) is 15.5. The van der Waals surface area contributed by atoms with Crippen LogP contribution in [0.5, 0.6) is 5.75 Å². The summed E-state index contributed by atoms with van der Waals surface area (Å²) in [5.41, 5.74) is 2.44. The maximum Gasteiger partial charge on any atom is 0.272 e. The van der Waals surface area contributed by atoms with Gasteiger partial charge in [0.2, 0.25) is 5.91 Å². The molecule has 0 saturated carbocycles. The number of anilines is 2. The van der Waals surface area contributed by atoms with Gasteiger partial charge in [0.15, 0.2) is 0 Å². The Bertz CT molecular complexity index is 1760. The van der Waals surface area contributed by atoms with E-state index in [1.54, 1.807) is 79.7 Å². The molecule has 0 bridgehead atoms. The zero-order valence-corrected chi connectivity index (χ0v) is 26.4. The molecule has 0 aliphatic carbocycles. The molecule has 0 aliphatic heterocycles. The molecule has 0 heterocycles. The van der Waals surface area contributed by atoms with E-state index in [9.17, 15) is 24.5 Å². The third-order valence-corrected chi connectivity index (χ3v) is 8.13. The second kappa shape index (κ2) is 16.1. The molecule has 46 heavy (non-hydrogen) atoms. The monoisotopic (exact) mass is 638 g/mol. The molecule has 236 valence electrons. The van der Waals surface area contributed by atoms with E-state index in [2.05, 4.69) is 16.0 Å². The van der Waals surface area contributed by atoms with E-state index >= 15 is 0 Å². The zero-order valence-electron chi connectivity index (χ0n) is 25.6. The minimum absolute atomic E-state index is 0.0113. The van der Waals surface area contributed by atoms with Crippen LogP contribution in [0, 0.1) is 17.0 Å². The third kappa shape index (κ3) is 9.05. The van der Waals surface area contributed by atoms with Crippen LogP contribution in [0.4, 0.5) is 17.1 Å². The number of nitrogens with one attached hydrogen (secondary N) is 3. The number of hydrogen-bond donors (Lipinski definition) is 3. The van der Waals surface area contributed by atoms with Crippen molar-refractivity contribution in [2.75, 3.05) is 17.2 Å². The smallest absolute Gasteiger partial charge is 0.272 e. The van der Waals surface area contributed by atoms with Gasteiger partial charge in [0.1, 0.15) is 11.4 Å². The van der Waals surface area contributed by atoms with Gasteiger partial charge in [0, 0.05) is 33.8 Å². The Kier molecular flexibility index (Phi) is 11.7. The number of ether oxygens (including phenoxy) is 1. The molecule has 1 atom stereocenters. The van der Waals surface area contributed by atoms with Gasteiger partial charge >= 0.3 is 0 Å². The number of benzene rings is 4. The van der Waals surface area contributed by atoms with E-state index in [0.29, 0.717) is 46.8 Å². The quantitative estimate of drug-likeness (QED) is 0.0608. The number of carbonyl (C=O) groups is 3. The van der Waals surface area contributed by atoms with Crippen LogP contribution >= 0.6 is 11.8 Å². The maximum absolute atomic E-state index is 13.6. The van der Waals surface area contributed by atoms with Crippen LogP contribution in [0.3, 0.4) is 0 Å². The molecule has 0 aromatic heterocycles. The molecule has 4 aromatic carbocycles. The van der Waals surface area contributed by atoms with Gasteiger partial charge in [-0.25, -0.2) is 0 Å². The lowest BCUT2D eigenvalue weighted by Crippen LogP contribution is -2.30. The molecule has 3 N–H and O–H groups in total. The Labute approximate surface area is 271 Å². The van der Waals surface area contributed by atoms with Gasteiger partial charge in [-0.1, -0.05) is 55.5 Å². The van der Waals surface area contributed by atoms with Crippen molar-refractivity contribution in [3.63, 3.8) is 0 Å². The maximum atomic E-state index is 13.6. The summed E-state index contributed by atoms with van der Waals surface area (Å²) in [6.45, 7) is 5.92. The van der Waals surface area contributed by atoms with Crippen molar-refractivity contribution in [1.29, 1.82) is 0 Å². The summed E-state index contributed by atoms with van der Waals surface area (Å²) in [5, 5.41) is 19.1. The molecule has 0 saturated heterocycles. The van der Waals surface area contributed by atoms with Crippen LogP contribution in [-0.2, 0) is 9.59 Å². The van der Waals surface area contributed by atoms with Crippen LogP contribution in [0.2, 0.25) is 0 Å². The van der Waals surface area contributed by atoms with Gasteiger partial charge in [0.25, 0.3) is 17.5 Å². The molecular formula is C35H34N4O6S. The summed E-state index contributed by atoms with van der Waals surface area (Å²) >= 11 is 1.30. The van der Waals surface area contributed by atoms with E-state index < -0.39 is 22.0 Å². The molecule has 0 aliphatic rings. The fourth-order valence-corrected chi connectivity index (χ4v) is 5.40. The SMILES string of the molecule is CCOc1ccccc1/C=C(/NC(=O)c1ccccc1)C(=O)Nc1cccc(SC(CC)C(=O)Nc2cc([N+](=O)[O-])ccc2C)c1. The number of nitro benzene ring substituents is 1. The number of hydrogen-bond acceptors (Lipinski definition) is 7. The number of para-hydroxylation sites is 1. The van der Waals surface area contributed by atoms with Crippen LogP contribution in [0.25, 0.3) is 6.08 Å². The Hall–Kier alpha value is -5.42. The number of amides is 3. The predicted molar refractivity (Wildman–Crippen MR) is 181 cm³/mol. The first-order valence-electron chi connectivity index (χ1n) is 14.6. The molecule has 4 aromatic rings. The molecule has 0 fully saturated rings. The number of rotatable bonds is 13. The summed E-state index contributed by atoms with van der Waals surface area (Å²) in [6, 6.07) is 27.1. The van der Waals surface area contributed by atoms with Crippen LogP contribution in [0.15, 0.2) is 108 Å². The summed E-state index contributed by atoms with van der Waals surface area (Å²) in [6.07, 6.45) is 2.05. The molecular weight excluding hydrogens is 604 g/mol. The lowest BCUT2D eigenvalue weighted by atomic mass is 10.1. The highest BCUT2D eigenvalue weighted by molar-refractivity contribution is 8.00. The van der Waals surface area contributed by atoms with Gasteiger partial charge in [-0.3, -0.25) is 24.5 Å².